The highest BCUT2D eigenvalue weighted by Gasteiger charge is 2.31. The molecule has 1 aliphatic carbocycles. The predicted octanol–water partition coefficient (Wildman–Crippen LogP) is 3.58. The number of nitrogens with two attached hydrogens (primary N) is 1. The molecule has 0 radical (unpaired) electrons. The van der Waals surface area contributed by atoms with E-state index in [9.17, 15) is 0 Å². The van der Waals surface area contributed by atoms with E-state index in [0.29, 0.717) is 15.4 Å². The molecule has 0 amide bonds. The standard InChI is InChI=1S/C13H17ClN2S/c1-13(5-2-6-13)8-16-11-7-9(14)3-4-10(11)12(15)17/h3-4,7,16H,2,5-6,8H2,1H3,(H2,15,17). The van der Waals surface area contributed by atoms with Gasteiger partial charge in [0, 0.05) is 22.8 Å². The van der Waals surface area contributed by atoms with Gasteiger partial charge in [-0.25, -0.2) is 0 Å². The zero-order valence-corrected chi connectivity index (χ0v) is 11.5. The van der Waals surface area contributed by atoms with E-state index < -0.39 is 0 Å². The summed E-state index contributed by atoms with van der Waals surface area (Å²) in [6.45, 7) is 3.25. The van der Waals surface area contributed by atoms with Crippen LogP contribution in [0.2, 0.25) is 5.02 Å². The maximum atomic E-state index is 6.00. The Morgan fingerprint density at radius 2 is 2.24 bits per heavy atom. The Bertz CT molecular complexity index is 441. The number of anilines is 1. The predicted molar refractivity (Wildman–Crippen MR) is 77.8 cm³/mol. The van der Waals surface area contributed by atoms with Crippen LogP contribution >= 0.6 is 23.8 Å². The third kappa shape index (κ3) is 2.90. The van der Waals surface area contributed by atoms with Crippen LogP contribution in [0.5, 0.6) is 0 Å². The maximum absolute atomic E-state index is 6.00. The fraction of sp³-hybridized carbons (Fsp3) is 0.462. The smallest absolute Gasteiger partial charge is 0.106 e. The second-order valence-corrected chi connectivity index (χ2v) is 5.95. The average Bonchev–Trinajstić information content (AvgIpc) is 2.23. The highest BCUT2D eigenvalue weighted by molar-refractivity contribution is 7.80. The van der Waals surface area contributed by atoms with Crippen molar-refractivity contribution in [3.8, 4) is 0 Å². The third-order valence-electron chi connectivity index (χ3n) is 3.51. The molecule has 4 heteroatoms. The molecule has 2 rings (SSSR count). The van der Waals surface area contributed by atoms with E-state index >= 15 is 0 Å². The molecular weight excluding hydrogens is 252 g/mol. The lowest BCUT2D eigenvalue weighted by molar-refractivity contribution is 0.180. The third-order valence-corrected chi connectivity index (χ3v) is 3.97. The molecule has 0 aromatic heterocycles. The molecule has 2 nitrogen and oxygen atoms in total. The molecule has 0 atom stereocenters. The van der Waals surface area contributed by atoms with Gasteiger partial charge in [-0.1, -0.05) is 37.2 Å². The second kappa shape index (κ2) is 4.83. The second-order valence-electron chi connectivity index (χ2n) is 5.07. The molecule has 0 saturated heterocycles. The van der Waals surface area contributed by atoms with Crippen LogP contribution < -0.4 is 11.1 Å². The lowest BCUT2D eigenvalue weighted by Crippen LogP contribution is -2.33. The van der Waals surface area contributed by atoms with E-state index in [1.54, 1.807) is 0 Å². The van der Waals surface area contributed by atoms with Crippen LogP contribution in [0.4, 0.5) is 5.69 Å². The minimum absolute atomic E-state index is 0.405. The molecule has 0 heterocycles. The molecule has 1 saturated carbocycles. The van der Waals surface area contributed by atoms with Crippen molar-refractivity contribution in [2.75, 3.05) is 11.9 Å². The van der Waals surface area contributed by atoms with Gasteiger partial charge >= 0.3 is 0 Å². The lowest BCUT2D eigenvalue weighted by Gasteiger charge is -2.38. The zero-order valence-electron chi connectivity index (χ0n) is 9.92. The van der Waals surface area contributed by atoms with Gasteiger partial charge in [0.05, 0.1) is 0 Å². The summed E-state index contributed by atoms with van der Waals surface area (Å²) < 4.78 is 0. The van der Waals surface area contributed by atoms with Crippen molar-refractivity contribution >= 4 is 34.5 Å². The normalized spacial score (nSPS) is 17.3. The summed E-state index contributed by atoms with van der Waals surface area (Å²) in [5.41, 5.74) is 7.92. The Morgan fingerprint density at radius 3 is 2.76 bits per heavy atom. The van der Waals surface area contributed by atoms with Crippen LogP contribution in [-0.2, 0) is 0 Å². The van der Waals surface area contributed by atoms with Crippen LogP contribution in [0, 0.1) is 5.41 Å². The van der Waals surface area contributed by atoms with Gasteiger partial charge in [-0.15, -0.1) is 0 Å². The lowest BCUT2D eigenvalue weighted by atomic mass is 9.70. The van der Waals surface area contributed by atoms with Gasteiger partial charge in [-0.05, 0) is 36.5 Å². The van der Waals surface area contributed by atoms with Crippen molar-refractivity contribution in [1.29, 1.82) is 0 Å². The molecule has 0 unspecified atom stereocenters. The summed E-state index contributed by atoms with van der Waals surface area (Å²) in [4.78, 5) is 0.405. The molecule has 1 aliphatic rings. The quantitative estimate of drug-likeness (QED) is 0.820. The van der Waals surface area contributed by atoms with E-state index in [2.05, 4.69) is 12.2 Å². The summed E-state index contributed by atoms with van der Waals surface area (Å²) in [6, 6.07) is 5.57. The summed E-state index contributed by atoms with van der Waals surface area (Å²) in [6.07, 6.45) is 3.89. The molecule has 3 N–H and O–H groups in total. The fourth-order valence-corrected chi connectivity index (χ4v) is 2.49. The van der Waals surface area contributed by atoms with E-state index in [0.717, 1.165) is 17.8 Å². The first-order valence-electron chi connectivity index (χ1n) is 5.83. The Balaban J connectivity index is 2.13. The molecule has 1 fully saturated rings. The SMILES string of the molecule is CC1(CNc2cc(Cl)ccc2C(N)=S)CCC1. The highest BCUT2D eigenvalue weighted by Crippen LogP contribution is 2.40. The minimum Gasteiger partial charge on any atom is -0.389 e. The van der Waals surface area contributed by atoms with Crippen molar-refractivity contribution in [3.63, 3.8) is 0 Å². The van der Waals surface area contributed by atoms with E-state index in [1.807, 2.05) is 18.2 Å². The van der Waals surface area contributed by atoms with Gasteiger partial charge in [0.25, 0.3) is 0 Å². The number of hydrogen-bond donors (Lipinski definition) is 2. The number of nitrogens with one attached hydrogen (secondary N) is 1. The van der Waals surface area contributed by atoms with Crippen molar-refractivity contribution in [2.24, 2.45) is 11.1 Å². The Hall–Kier alpha value is -0.800. The fourth-order valence-electron chi connectivity index (χ4n) is 2.14. The largest absolute Gasteiger partial charge is 0.389 e. The van der Waals surface area contributed by atoms with Gasteiger partial charge in [0.2, 0.25) is 0 Å². The van der Waals surface area contributed by atoms with Gasteiger partial charge in [-0.2, -0.15) is 0 Å². The van der Waals surface area contributed by atoms with Crippen LogP contribution in [0.15, 0.2) is 18.2 Å². The number of halogens is 1. The van der Waals surface area contributed by atoms with Gasteiger partial charge in [0.1, 0.15) is 4.99 Å². The van der Waals surface area contributed by atoms with Crippen LogP contribution in [0.25, 0.3) is 0 Å². The number of rotatable bonds is 4. The van der Waals surface area contributed by atoms with Crippen molar-refractivity contribution < 1.29 is 0 Å². The Kier molecular flexibility index (Phi) is 3.59. The van der Waals surface area contributed by atoms with E-state index in [1.165, 1.54) is 19.3 Å². The summed E-state index contributed by atoms with van der Waals surface area (Å²) in [5.74, 6) is 0. The Labute approximate surface area is 113 Å². The van der Waals surface area contributed by atoms with E-state index in [-0.39, 0.29) is 0 Å². The molecule has 1 aromatic rings. The first-order chi connectivity index (χ1) is 8.00. The molecule has 0 spiro atoms. The molecular formula is C13H17ClN2S. The molecule has 0 bridgehead atoms. The highest BCUT2D eigenvalue weighted by atomic mass is 35.5. The molecule has 17 heavy (non-hydrogen) atoms. The monoisotopic (exact) mass is 268 g/mol. The summed E-state index contributed by atoms with van der Waals surface area (Å²) in [5, 5.41) is 4.13. The van der Waals surface area contributed by atoms with Gasteiger partial charge < -0.3 is 11.1 Å². The van der Waals surface area contributed by atoms with Gasteiger partial charge in [-0.3, -0.25) is 0 Å². The van der Waals surface area contributed by atoms with Crippen LogP contribution in [-0.4, -0.2) is 11.5 Å². The molecule has 92 valence electrons. The maximum Gasteiger partial charge on any atom is 0.106 e. The average molecular weight is 269 g/mol. The minimum atomic E-state index is 0.405. The Morgan fingerprint density at radius 1 is 1.53 bits per heavy atom. The zero-order chi connectivity index (χ0) is 12.5. The first-order valence-corrected chi connectivity index (χ1v) is 6.62. The topological polar surface area (TPSA) is 38.0 Å². The van der Waals surface area contributed by atoms with Gasteiger partial charge in [0.15, 0.2) is 0 Å². The number of hydrogen-bond acceptors (Lipinski definition) is 2. The number of benzene rings is 1. The van der Waals surface area contributed by atoms with Crippen LogP contribution in [0.3, 0.4) is 0 Å². The summed E-state index contributed by atoms with van der Waals surface area (Å²) >= 11 is 11.0. The van der Waals surface area contributed by atoms with Crippen molar-refractivity contribution in [2.45, 2.75) is 26.2 Å². The van der Waals surface area contributed by atoms with E-state index in [4.69, 9.17) is 29.6 Å². The molecule has 0 aliphatic heterocycles. The van der Waals surface area contributed by atoms with Crippen molar-refractivity contribution in [1.82, 2.24) is 0 Å². The summed E-state index contributed by atoms with van der Waals surface area (Å²) in [7, 11) is 0. The first kappa shape index (κ1) is 12.7. The van der Waals surface area contributed by atoms with Crippen LogP contribution in [0.1, 0.15) is 31.7 Å². The number of thiocarbonyl (C=S) groups is 1. The van der Waals surface area contributed by atoms with Crippen molar-refractivity contribution in [3.05, 3.63) is 28.8 Å². The molecule has 1 aromatic carbocycles.